The third-order valence-electron chi connectivity index (χ3n) is 4.56. The molecule has 0 aliphatic heterocycles. The van der Waals surface area contributed by atoms with E-state index in [0.29, 0.717) is 11.5 Å². The number of rotatable bonds is 4. The van der Waals surface area contributed by atoms with Crippen LogP contribution >= 0.6 is 0 Å². The van der Waals surface area contributed by atoms with Crippen LogP contribution in [0, 0.1) is 6.92 Å². The van der Waals surface area contributed by atoms with Crippen molar-refractivity contribution < 1.29 is 18.0 Å². The van der Waals surface area contributed by atoms with E-state index < -0.39 is 17.6 Å². The van der Waals surface area contributed by atoms with Gasteiger partial charge in [0.25, 0.3) is 5.91 Å². The molecule has 152 valence electrons. The minimum Gasteiger partial charge on any atom is -0.322 e. The van der Waals surface area contributed by atoms with E-state index in [9.17, 15) is 18.0 Å². The number of nitrogens with one attached hydrogen (secondary N) is 1. The summed E-state index contributed by atoms with van der Waals surface area (Å²) in [7, 11) is 0. The number of amides is 1. The van der Waals surface area contributed by atoms with Gasteiger partial charge in [-0.05, 0) is 49.4 Å². The summed E-state index contributed by atoms with van der Waals surface area (Å²) in [6, 6.07) is 17.5. The van der Waals surface area contributed by atoms with Crippen LogP contribution in [0.3, 0.4) is 0 Å². The highest BCUT2D eigenvalue weighted by atomic mass is 19.4. The first-order chi connectivity index (χ1) is 14.3. The first-order valence-electron chi connectivity index (χ1n) is 9.11. The summed E-state index contributed by atoms with van der Waals surface area (Å²) in [5, 5.41) is 7.08. The van der Waals surface area contributed by atoms with E-state index in [2.05, 4.69) is 10.4 Å². The van der Waals surface area contributed by atoms with Gasteiger partial charge in [0.05, 0.1) is 16.9 Å². The number of benzene rings is 2. The molecular weight excluding hydrogens is 393 g/mol. The Morgan fingerprint density at radius 1 is 0.967 bits per heavy atom. The molecule has 0 aliphatic rings. The Hall–Kier alpha value is -3.81. The molecule has 2 aromatic carbocycles. The van der Waals surface area contributed by atoms with Gasteiger partial charge in [0.2, 0.25) is 0 Å². The Labute approximate surface area is 170 Å². The van der Waals surface area contributed by atoms with E-state index in [1.807, 2.05) is 42.5 Å². The summed E-state index contributed by atoms with van der Waals surface area (Å²) in [5.41, 5.74) is 0.699. The minimum atomic E-state index is -4.49. The number of anilines is 1. The molecular formula is C22H17F3N4O. The molecule has 30 heavy (non-hydrogen) atoms. The lowest BCUT2D eigenvalue weighted by atomic mass is 10.1. The smallest absolute Gasteiger partial charge is 0.322 e. The zero-order valence-corrected chi connectivity index (χ0v) is 15.9. The van der Waals surface area contributed by atoms with Crippen LogP contribution in [0.1, 0.15) is 21.6 Å². The lowest BCUT2D eigenvalue weighted by Gasteiger charge is -2.12. The quantitative estimate of drug-likeness (QED) is 0.500. The topological polar surface area (TPSA) is 51.9 Å². The van der Waals surface area contributed by atoms with Gasteiger partial charge in [-0.25, -0.2) is 4.68 Å². The molecule has 1 N–H and O–H groups in total. The van der Waals surface area contributed by atoms with Crippen molar-refractivity contribution in [3.05, 3.63) is 95.9 Å². The molecule has 0 aliphatic carbocycles. The predicted octanol–water partition coefficient (Wildman–Crippen LogP) is 5.24. The maximum Gasteiger partial charge on any atom is 0.416 e. The molecule has 0 saturated heterocycles. The third-order valence-corrected chi connectivity index (χ3v) is 4.56. The third kappa shape index (κ3) is 3.71. The zero-order valence-electron chi connectivity index (χ0n) is 15.9. The largest absolute Gasteiger partial charge is 0.416 e. The van der Waals surface area contributed by atoms with Crippen molar-refractivity contribution >= 4 is 11.6 Å². The Bertz CT molecular complexity index is 1180. The zero-order chi connectivity index (χ0) is 21.3. The summed E-state index contributed by atoms with van der Waals surface area (Å²) < 4.78 is 42.4. The fourth-order valence-corrected chi connectivity index (χ4v) is 3.21. The summed E-state index contributed by atoms with van der Waals surface area (Å²) in [6.45, 7) is 1.69. The molecule has 2 aromatic heterocycles. The number of aromatic nitrogens is 3. The Kier molecular flexibility index (Phi) is 4.91. The van der Waals surface area contributed by atoms with Gasteiger partial charge in [0, 0.05) is 18.1 Å². The van der Waals surface area contributed by atoms with Crippen LogP contribution in [-0.2, 0) is 6.18 Å². The van der Waals surface area contributed by atoms with Gasteiger partial charge in [-0.15, -0.1) is 0 Å². The molecule has 0 bridgehead atoms. The molecule has 4 rings (SSSR count). The van der Waals surface area contributed by atoms with Gasteiger partial charge in [-0.3, -0.25) is 4.79 Å². The predicted molar refractivity (Wildman–Crippen MR) is 107 cm³/mol. The molecule has 5 nitrogen and oxygen atoms in total. The van der Waals surface area contributed by atoms with E-state index in [1.54, 1.807) is 28.6 Å². The van der Waals surface area contributed by atoms with Crippen molar-refractivity contribution in [1.82, 2.24) is 14.3 Å². The maximum absolute atomic E-state index is 13.1. The lowest BCUT2D eigenvalue weighted by Crippen LogP contribution is -2.16. The van der Waals surface area contributed by atoms with Crippen molar-refractivity contribution in [2.24, 2.45) is 0 Å². The van der Waals surface area contributed by atoms with Crippen LogP contribution < -0.4 is 5.32 Å². The van der Waals surface area contributed by atoms with Crippen LogP contribution in [0.4, 0.5) is 18.9 Å². The Morgan fingerprint density at radius 3 is 2.33 bits per heavy atom. The second-order valence-electron chi connectivity index (χ2n) is 6.65. The van der Waals surface area contributed by atoms with Crippen molar-refractivity contribution in [2.75, 3.05) is 5.32 Å². The molecule has 1 amide bonds. The van der Waals surface area contributed by atoms with Gasteiger partial charge in [-0.2, -0.15) is 18.3 Å². The fourth-order valence-electron chi connectivity index (χ4n) is 3.21. The minimum absolute atomic E-state index is 0.0557. The molecule has 4 aromatic rings. The summed E-state index contributed by atoms with van der Waals surface area (Å²) in [4.78, 5) is 13.1. The van der Waals surface area contributed by atoms with E-state index in [1.165, 1.54) is 12.1 Å². The summed E-state index contributed by atoms with van der Waals surface area (Å²) in [6.07, 6.45) is -0.945. The van der Waals surface area contributed by atoms with E-state index in [4.69, 9.17) is 0 Å². The number of aryl methyl sites for hydroxylation is 1. The van der Waals surface area contributed by atoms with Gasteiger partial charge in [-0.1, -0.05) is 24.3 Å². The molecule has 0 unspecified atom stereocenters. The molecule has 0 fully saturated rings. The number of hydrogen-bond donors (Lipinski definition) is 1. The summed E-state index contributed by atoms with van der Waals surface area (Å²) >= 11 is 0. The van der Waals surface area contributed by atoms with Crippen LogP contribution in [0.25, 0.3) is 11.5 Å². The van der Waals surface area contributed by atoms with Crippen LogP contribution in [0.5, 0.6) is 0 Å². The highest BCUT2D eigenvalue weighted by Gasteiger charge is 2.31. The SMILES string of the molecule is Cc1nn(-c2ccccc2)c(-n2cccc2)c1C(=O)Nc1cccc(C(F)(F)F)c1. The van der Waals surface area contributed by atoms with Gasteiger partial charge in [0.1, 0.15) is 5.56 Å². The maximum atomic E-state index is 13.1. The number of alkyl halides is 3. The number of nitrogens with zero attached hydrogens (tertiary/aromatic N) is 3. The highest BCUT2D eigenvalue weighted by Crippen LogP contribution is 2.31. The highest BCUT2D eigenvalue weighted by molar-refractivity contribution is 6.07. The second kappa shape index (κ2) is 7.55. The first-order valence-corrected chi connectivity index (χ1v) is 9.11. The van der Waals surface area contributed by atoms with Crippen LogP contribution in [-0.4, -0.2) is 20.3 Å². The van der Waals surface area contributed by atoms with Crippen LogP contribution in [0.15, 0.2) is 79.1 Å². The molecule has 0 saturated carbocycles. The van der Waals surface area contributed by atoms with E-state index in [-0.39, 0.29) is 11.3 Å². The molecule has 0 atom stereocenters. The standard InChI is InChI=1S/C22H17F3N4O/c1-15-19(20(30)26-17-9-7-8-16(14-17)22(23,24)25)21(28-12-5-6-13-28)29(27-15)18-10-3-2-4-11-18/h2-14H,1H3,(H,26,30). The van der Waals surface area contributed by atoms with Crippen molar-refractivity contribution in [3.63, 3.8) is 0 Å². The van der Waals surface area contributed by atoms with Gasteiger partial charge >= 0.3 is 6.18 Å². The molecule has 8 heteroatoms. The van der Waals surface area contributed by atoms with Crippen LogP contribution in [0.2, 0.25) is 0 Å². The molecule has 0 spiro atoms. The van der Waals surface area contributed by atoms with Crippen molar-refractivity contribution in [2.45, 2.75) is 13.1 Å². The second-order valence-corrected chi connectivity index (χ2v) is 6.65. The van der Waals surface area contributed by atoms with Gasteiger partial charge < -0.3 is 9.88 Å². The summed E-state index contributed by atoms with van der Waals surface area (Å²) in [5.74, 6) is -0.0501. The first kappa shape index (κ1) is 19.5. The van der Waals surface area contributed by atoms with Crippen molar-refractivity contribution in [3.8, 4) is 11.5 Å². The average Bonchev–Trinajstić information content (AvgIpc) is 3.35. The number of hydrogen-bond acceptors (Lipinski definition) is 2. The normalized spacial score (nSPS) is 11.5. The number of carbonyl (C=O) groups is 1. The van der Waals surface area contributed by atoms with E-state index >= 15 is 0 Å². The van der Waals surface area contributed by atoms with Crippen molar-refractivity contribution in [1.29, 1.82) is 0 Å². The fraction of sp³-hybridized carbons (Fsp3) is 0.0909. The number of carbonyl (C=O) groups excluding carboxylic acids is 1. The van der Waals surface area contributed by atoms with E-state index in [0.717, 1.165) is 17.8 Å². The number of halogens is 3. The number of para-hydroxylation sites is 1. The van der Waals surface area contributed by atoms with Gasteiger partial charge in [0.15, 0.2) is 5.82 Å². The molecule has 0 radical (unpaired) electrons. The Balaban J connectivity index is 1.78. The average molecular weight is 410 g/mol. The Morgan fingerprint density at radius 2 is 1.67 bits per heavy atom. The lowest BCUT2D eigenvalue weighted by molar-refractivity contribution is -0.137. The monoisotopic (exact) mass is 410 g/mol. The molecule has 2 heterocycles.